The highest BCUT2D eigenvalue weighted by molar-refractivity contribution is 5.74. The Kier molecular flexibility index (Phi) is 6.38. The minimum atomic E-state index is 0.0199. The number of rotatable bonds is 5. The molecule has 0 aromatic carbocycles. The van der Waals surface area contributed by atoms with Crippen molar-refractivity contribution in [1.82, 2.24) is 10.6 Å². The molecule has 0 unspecified atom stereocenters. The summed E-state index contributed by atoms with van der Waals surface area (Å²) in [7, 11) is 0. The third-order valence-electron chi connectivity index (χ3n) is 3.87. The van der Waals surface area contributed by atoms with Crippen LogP contribution < -0.4 is 10.6 Å². The fourth-order valence-electron chi connectivity index (χ4n) is 2.55. The minimum Gasteiger partial charge on any atom is -0.338 e. The van der Waals surface area contributed by atoms with Gasteiger partial charge in [-0.3, -0.25) is 0 Å². The van der Waals surface area contributed by atoms with Crippen LogP contribution in [0.15, 0.2) is 0 Å². The van der Waals surface area contributed by atoms with E-state index in [1.165, 1.54) is 12.8 Å². The summed E-state index contributed by atoms with van der Waals surface area (Å²) in [5.41, 5.74) is 0. The molecule has 0 radical (unpaired) electrons. The molecule has 1 aliphatic carbocycles. The van der Waals surface area contributed by atoms with Crippen LogP contribution in [0.5, 0.6) is 0 Å². The van der Waals surface area contributed by atoms with Gasteiger partial charge in [0.15, 0.2) is 0 Å². The average Bonchev–Trinajstić information content (AvgIpc) is 2.30. The molecule has 1 saturated carbocycles. The normalized spacial score (nSPS) is 24.7. The molecule has 2 N–H and O–H groups in total. The first kappa shape index (κ1) is 14.3. The zero-order chi connectivity index (χ0) is 12.7. The highest BCUT2D eigenvalue weighted by atomic mass is 16.2. The molecule has 1 aliphatic rings. The second kappa shape index (κ2) is 7.57. The van der Waals surface area contributed by atoms with Gasteiger partial charge in [-0.1, -0.05) is 27.2 Å². The van der Waals surface area contributed by atoms with Crippen molar-refractivity contribution in [2.24, 2.45) is 11.8 Å². The van der Waals surface area contributed by atoms with Crippen LogP contribution in [0.2, 0.25) is 0 Å². The summed E-state index contributed by atoms with van der Waals surface area (Å²) < 4.78 is 0. The third-order valence-corrected chi connectivity index (χ3v) is 3.87. The lowest BCUT2D eigenvalue weighted by molar-refractivity contribution is 0.216. The lowest BCUT2D eigenvalue weighted by Crippen LogP contribution is -2.44. The molecule has 0 atom stereocenters. The molecule has 1 fully saturated rings. The number of urea groups is 1. The molecule has 0 heterocycles. The summed E-state index contributed by atoms with van der Waals surface area (Å²) in [4.78, 5) is 11.6. The van der Waals surface area contributed by atoms with Crippen molar-refractivity contribution in [3.05, 3.63) is 0 Å². The van der Waals surface area contributed by atoms with Gasteiger partial charge in [0, 0.05) is 12.6 Å². The topological polar surface area (TPSA) is 41.1 Å². The van der Waals surface area contributed by atoms with Crippen LogP contribution in [-0.4, -0.2) is 18.6 Å². The fraction of sp³-hybridized carbons (Fsp3) is 0.929. The molecule has 1 rings (SSSR count). The largest absolute Gasteiger partial charge is 0.338 e. The van der Waals surface area contributed by atoms with Gasteiger partial charge in [0.1, 0.15) is 0 Å². The summed E-state index contributed by atoms with van der Waals surface area (Å²) in [6, 6.07) is 0.415. The second-order valence-corrected chi connectivity index (χ2v) is 5.61. The summed E-state index contributed by atoms with van der Waals surface area (Å²) in [6.45, 7) is 7.53. The molecular formula is C14H28N2O. The first-order valence-corrected chi connectivity index (χ1v) is 7.17. The lowest BCUT2D eigenvalue weighted by Gasteiger charge is -2.31. The number of nitrogens with one attached hydrogen (secondary N) is 2. The van der Waals surface area contributed by atoms with Gasteiger partial charge in [-0.15, -0.1) is 0 Å². The van der Waals surface area contributed by atoms with Gasteiger partial charge >= 0.3 is 6.03 Å². The van der Waals surface area contributed by atoms with Crippen LogP contribution in [0.4, 0.5) is 4.79 Å². The van der Waals surface area contributed by atoms with E-state index in [2.05, 4.69) is 31.4 Å². The van der Waals surface area contributed by atoms with Crippen LogP contribution in [0.1, 0.15) is 59.3 Å². The standard InChI is InChI=1S/C14H28N2O/c1-4-5-10-15-14(17)16-13-8-6-12(7-9-13)11(2)3/h11-13H,4-10H2,1-3H3,(H2,15,16,17). The van der Waals surface area contributed by atoms with Gasteiger partial charge in [-0.2, -0.15) is 0 Å². The molecule has 0 aliphatic heterocycles. The predicted molar refractivity (Wildman–Crippen MR) is 72.0 cm³/mol. The van der Waals surface area contributed by atoms with E-state index in [9.17, 15) is 4.79 Å². The van der Waals surface area contributed by atoms with Crippen LogP contribution >= 0.6 is 0 Å². The van der Waals surface area contributed by atoms with Crippen molar-refractivity contribution in [1.29, 1.82) is 0 Å². The molecule has 2 amide bonds. The molecule has 3 heteroatoms. The van der Waals surface area contributed by atoms with Crippen molar-refractivity contribution >= 4 is 6.03 Å². The van der Waals surface area contributed by atoms with Gasteiger partial charge in [-0.05, 0) is 43.9 Å². The van der Waals surface area contributed by atoms with E-state index in [1.807, 2.05) is 0 Å². The van der Waals surface area contributed by atoms with E-state index in [4.69, 9.17) is 0 Å². The van der Waals surface area contributed by atoms with E-state index >= 15 is 0 Å². The Morgan fingerprint density at radius 3 is 2.41 bits per heavy atom. The van der Waals surface area contributed by atoms with E-state index in [-0.39, 0.29) is 6.03 Å². The van der Waals surface area contributed by atoms with Gasteiger partial charge in [-0.25, -0.2) is 4.79 Å². The molecule has 100 valence electrons. The summed E-state index contributed by atoms with van der Waals surface area (Å²) >= 11 is 0. The molecule has 0 saturated heterocycles. The maximum absolute atomic E-state index is 11.6. The Hall–Kier alpha value is -0.730. The van der Waals surface area contributed by atoms with E-state index in [0.717, 1.165) is 44.1 Å². The van der Waals surface area contributed by atoms with Gasteiger partial charge in [0.05, 0.1) is 0 Å². The monoisotopic (exact) mass is 240 g/mol. The molecule has 3 nitrogen and oxygen atoms in total. The zero-order valence-corrected chi connectivity index (χ0v) is 11.6. The molecule has 17 heavy (non-hydrogen) atoms. The van der Waals surface area contributed by atoms with Crippen LogP contribution in [-0.2, 0) is 0 Å². The SMILES string of the molecule is CCCCNC(=O)NC1CCC(C(C)C)CC1. The Balaban J connectivity index is 2.15. The minimum absolute atomic E-state index is 0.0199. The maximum atomic E-state index is 11.6. The Bertz CT molecular complexity index is 220. The second-order valence-electron chi connectivity index (χ2n) is 5.61. The van der Waals surface area contributed by atoms with Gasteiger partial charge < -0.3 is 10.6 Å². The van der Waals surface area contributed by atoms with E-state index in [0.29, 0.717) is 6.04 Å². The van der Waals surface area contributed by atoms with E-state index < -0.39 is 0 Å². The number of carbonyl (C=O) groups excluding carboxylic acids is 1. The fourth-order valence-corrected chi connectivity index (χ4v) is 2.55. The van der Waals surface area contributed by atoms with Crippen molar-refractivity contribution in [2.75, 3.05) is 6.54 Å². The number of carbonyl (C=O) groups is 1. The number of hydrogen-bond acceptors (Lipinski definition) is 1. The summed E-state index contributed by atoms with van der Waals surface area (Å²) in [5.74, 6) is 1.64. The van der Waals surface area contributed by atoms with Crippen molar-refractivity contribution < 1.29 is 4.79 Å². The Labute approximate surface area is 106 Å². The van der Waals surface area contributed by atoms with Crippen LogP contribution in [0.25, 0.3) is 0 Å². The lowest BCUT2D eigenvalue weighted by atomic mass is 9.80. The van der Waals surface area contributed by atoms with Crippen molar-refractivity contribution in [3.63, 3.8) is 0 Å². The summed E-state index contributed by atoms with van der Waals surface area (Å²) in [6.07, 6.45) is 7.00. The number of hydrogen-bond donors (Lipinski definition) is 2. The maximum Gasteiger partial charge on any atom is 0.315 e. The first-order chi connectivity index (χ1) is 8.13. The van der Waals surface area contributed by atoms with Crippen LogP contribution in [0, 0.1) is 11.8 Å². The highest BCUT2D eigenvalue weighted by Crippen LogP contribution is 2.29. The third kappa shape index (κ3) is 5.42. The number of unbranched alkanes of at least 4 members (excludes halogenated alkanes) is 1. The highest BCUT2D eigenvalue weighted by Gasteiger charge is 2.23. The zero-order valence-electron chi connectivity index (χ0n) is 11.6. The summed E-state index contributed by atoms with van der Waals surface area (Å²) in [5, 5.41) is 6.00. The molecule has 0 spiro atoms. The van der Waals surface area contributed by atoms with Crippen LogP contribution in [0.3, 0.4) is 0 Å². The first-order valence-electron chi connectivity index (χ1n) is 7.17. The quantitative estimate of drug-likeness (QED) is 0.711. The number of amides is 2. The van der Waals surface area contributed by atoms with Crippen molar-refractivity contribution in [2.45, 2.75) is 65.3 Å². The smallest absolute Gasteiger partial charge is 0.315 e. The van der Waals surface area contributed by atoms with Gasteiger partial charge in [0.25, 0.3) is 0 Å². The Morgan fingerprint density at radius 2 is 1.88 bits per heavy atom. The molecule has 0 bridgehead atoms. The van der Waals surface area contributed by atoms with E-state index in [1.54, 1.807) is 0 Å². The molecule has 0 aromatic rings. The Morgan fingerprint density at radius 1 is 1.24 bits per heavy atom. The molecule has 0 aromatic heterocycles. The average molecular weight is 240 g/mol. The van der Waals surface area contributed by atoms with Gasteiger partial charge in [0.2, 0.25) is 0 Å². The predicted octanol–water partition coefficient (Wildman–Crippen LogP) is 3.30. The van der Waals surface area contributed by atoms with Crippen molar-refractivity contribution in [3.8, 4) is 0 Å². The molecular weight excluding hydrogens is 212 g/mol.